The fraction of sp³-hybridized carbons (Fsp3) is 0.409. The lowest BCUT2D eigenvalue weighted by atomic mass is 10.1. The molecule has 0 aliphatic carbocycles. The molecule has 1 heterocycles. The fourth-order valence-electron chi connectivity index (χ4n) is 3.54. The molecule has 0 spiro atoms. The summed E-state index contributed by atoms with van der Waals surface area (Å²) >= 11 is 0. The molecule has 1 unspecified atom stereocenters. The van der Waals surface area contributed by atoms with Gasteiger partial charge in [-0.1, -0.05) is 42.5 Å². The van der Waals surface area contributed by atoms with Gasteiger partial charge in [-0.2, -0.15) is 0 Å². The number of guanidine groups is 1. The number of aliphatic imine (C=N–C) groups is 1. The van der Waals surface area contributed by atoms with Gasteiger partial charge >= 0.3 is 0 Å². The molecular formula is C22H32IN5. The van der Waals surface area contributed by atoms with Gasteiger partial charge in [0, 0.05) is 45.0 Å². The molecule has 5 nitrogen and oxygen atoms in total. The summed E-state index contributed by atoms with van der Waals surface area (Å²) in [6.07, 6.45) is 1.12. The first-order chi connectivity index (χ1) is 13.2. The summed E-state index contributed by atoms with van der Waals surface area (Å²) in [5, 5.41) is 7.07. The molecule has 1 fully saturated rings. The largest absolute Gasteiger partial charge is 0.369 e. The van der Waals surface area contributed by atoms with Crippen LogP contribution in [0.3, 0.4) is 0 Å². The molecular weight excluding hydrogens is 461 g/mol. The Balaban J connectivity index is 0.00000280. The zero-order chi connectivity index (χ0) is 19.1. The highest BCUT2D eigenvalue weighted by atomic mass is 127. The highest BCUT2D eigenvalue weighted by Crippen LogP contribution is 2.19. The predicted octanol–water partition coefficient (Wildman–Crippen LogP) is 3.31. The van der Waals surface area contributed by atoms with Crippen molar-refractivity contribution >= 4 is 35.6 Å². The van der Waals surface area contributed by atoms with Gasteiger partial charge in [-0.25, -0.2) is 0 Å². The van der Waals surface area contributed by atoms with Crippen LogP contribution in [0.2, 0.25) is 0 Å². The smallest absolute Gasteiger partial charge is 0.191 e. The number of hydrogen-bond donors (Lipinski definition) is 2. The van der Waals surface area contributed by atoms with Gasteiger partial charge in [0.1, 0.15) is 0 Å². The molecule has 3 rings (SSSR count). The molecule has 0 amide bonds. The van der Waals surface area contributed by atoms with E-state index in [1.807, 2.05) is 7.05 Å². The van der Waals surface area contributed by atoms with Gasteiger partial charge in [0.25, 0.3) is 0 Å². The van der Waals surface area contributed by atoms with E-state index in [2.05, 4.69) is 94.1 Å². The molecule has 2 aromatic rings. The topological polar surface area (TPSA) is 42.9 Å². The lowest BCUT2D eigenvalue weighted by Crippen LogP contribution is -2.44. The number of hydrogen-bond acceptors (Lipinski definition) is 3. The highest BCUT2D eigenvalue weighted by Gasteiger charge is 2.23. The molecule has 1 aliphatic heterocycles. The van der Waals surface area contributed by atoms with Crippen molar-refractivity contribution in [3.63, 3.8) is 0 Å². The maximum Gasteiger partial charge on any atom is 0.191 e. The quantitative estimate of drug-likeness (QED) is 0.368. The molecule has 2 N–H and O–H groups in total. The van der Waals surface area contributed by atoms with Crippen LogP contribution >= 0.6 is 24.0 Å². The van der Waals surface area contributed by atoms with Crippen molar-refractivity contribution in [1.29, 1.82) is 0 Å². The number of rotatable bonds is 6. The van der Waals surface area contributed by atoms with Crippen LogP contribution in [-0.4, -0.2) is 51.1 Å². The van der Waals surface area contributed by atoms with Gasteiger partial charge in [0.15, 0.2) is 5.96 Å². The van der Waals surface area contributed by atoms with Crippen molar-refractivity contribution in [3.8, 4) is 0 Å². The molecule has 1 saturated heterocycles. The molecule has 152 valence electrons. The van der Waals surface area contributed by atoms with Gasteiger partial charge < -0.3 is 20.4 Å². The minimum Gasteiger partial charge on any atom is -0.369 e. The molecule has 1 aliphatic rings. The number of anilines is 1. The number of para-hydroxylation sites is 1. The molecule has 0 radical (unpaired) electrons. The summed E-state index contributed by atoms with van der Waals surface area (Å²) in [7, 11) is 6.04. The van der Waals surface area contributed by atoms with E-state index in [9.17, 15) is 0 Å². The van der Waals surface area contributed by atoms with E-state index < -0.39 is 0 Å². The van der Waals surface area contributed by atoms with Gasteiger partial charge in [-0.05, 0) is 43.8 Å². The Kier molecular flexibility index (Phi) is 9.05. The third-order valence-corrected chi connectivity index (χ3v) is 4.93. The van der Waals surface area contributed by atoms with Crippen LogP contribution in [0.1, 0.15) is 17.5 Å². The summed E-state index contributed by atoms with van der Waals surface area (Å²) in [5.74, 6) is 0.870. The van der Waals surface area contributed by atoms with Gasteiger partial charge in [0.05, 0.1) is 0 Å². The lowest BCUT2D eigenvalue weighted by molar-refractivity contribution is 0.400. The Hall–Kier alpha value is -1.80. The average molecular weight is 493 g/mol. The standard InChI is InChI=1S/C22H31N5.HI/c1-23-22(24-15-18-9-7-8-10-19(18)16-26(2)3)25-20-13-14-27(17-20)21-11-5-4-6-12-21;/h4-12,20H,13-17H2,1-3H3,(H2,23,24,25);1H. The van der Waals surface area contributed by atoms with Crippen LogP contribution in [0.15, 0.2) is 59.6 Å². The van der Waals surface area contributed by atoms with Crippen LogP contribution in [0.25, 0.3) is 0 Å². The second-order valence-electron chi connectivity index (χ2n) is 7.34. The molecule has 28 heavy (non-hydrogen) atoms. The normalized spacial score (nSPS) is 16.8. The summed E-state index contributed by atoms with van der Waals surface area (Å²) in [6.45, 7) is 3.80. The van der Waals surface area contributed by atoms with Crippen molar-refractivity contribution in [1.82, 2.24) is 15.5 Å². The molecule has 6 heteroatoms. The fourth-order valence-corrected chi connectivity index (χ4v) is 3.54. The van der Waals surface area contributed by atoms with Gasteiger partial charge in [-0.15, -0.1) is 24.0 Å². The van der Waals surface area contributed by atoms with Crippen molar-refractivity contribution in [2.75, 3.05) is 39.1 Å². The van der Waals surface area contributed by atoms with Crippen molar-refractivity contribution < 1.29 is 0 Å². The van der Waals surface area contributed by atoms with Crippen LogP contribution in [0, 0.1) is 0 Å². The molecule has 2 aromatic carbocycles. The maximum absolute atomic E-state index is 4.42. The zero-order valence-electron chi connectivity index (χ0n) is 17.1. The van der Waals surface area contributed by atoms with E-state index in [0.717, 1.165) is 38.6 Å². The van der Waals surface area contributed by atoms with Crippen LogP contribution in [0.5, 0.6) is 0 Å². The molecule has 0 aromatic heterocycles. The van der Waals surface area contributed by atoms with Crippen molar-refractivity contribution in [3.05, 3.63) is 65.7 Å². The van der Waals surface area contributed by atoms with Crippen LogP contribution < -0.4 is 15.5 Å². The summed E-state index contributed by atoms with van der Waals surface area (Å²) in [4.78, 5) is 9.05. The van der Waals surface area contributed by atoms with Crippen LogP contribution in [0.4, 0.5) is 5.69 Å². The van der Waals surface area contributed by atoms with Crippen molar-refractivity contribution in [2.45, 2.75) is 25.6 Å². The minimum atomic E-state index is 0. The Morgan fingerprint density at radius 3 is 2.43 bits per heavy atom. The maximum atomic E-state index is 4.42. The SMILES string of the molecule is CN=C(NCc1ccccc1CN(C)C)NC1CCN(c2ccccc2)C1.I. The predicted molar refractivity (Wildman–Crippen MR) is 130 cm³/mol. The second-order valence-corrected chi connectivity index (χ2v) is 7.34. The first-order valence-electron chi connectivity index (χ1n) is 9.64. The van der Waals surface area contributed by atoms with Crippen LogP contribution in [-0.2, 0) is 13.1 Å². The Labute approximate surface area is 186 Å². The summed E-state index contributed by atoms with van der Waals surface area (Å²) in [6, 6.07) is 19.6. The number of nitrogens with one attached hydrogen (secondary N) is 2. The van der Waals surface area contributed by atoms with E-state index in [4.69, 9.17) is 0 Å². The number of nitrogens with zero attached hydrogens (tertiary/aromatic N) is 3. The average Bonchev–Trinajstić information content (AvgIpc) is 3.15. The van der Waals surface area contributed by atoms with Gasteiger partial charge in [-0.3, -0.25) is 4.99 Å². The Morgan fingerprint density at radius 1 is 1.07 bits per heavy atom. The monoisotopic (exact) mass is 493 g/mol. The third kappa shape index (κ3) is 6.38. The highest BCUT2D eigenvalue weighted by molar-refractivity contribution is 14.0. The van der Waals surface area contributed by atoms with E-state index >= 15 is 0 Å². The third-order valence-electron chi connectivity index (χ3n) is 4.93. The Bertz CT molecular complexity index is 748. The van der Waals surface area contributed by atoms with E-state index in [1.165, 1.54) is 16.8 Å². The van der Waals surface area contributed by atoms with E-state index in [1.54, 1.807) is 0 Å². The van der Waals surface area contributed by atoms with E-state index in [-0.39, 0.29) is 24.0 Å². The molecule has 0 bridgehead atoms. The number of halogens is 1. The lowest BCUT2D eigenvalue weighted by Gasteiger charge is -2.21. The Morgan fingerprint density at radius 2 is 1.75 bits per heavy atom. The van der Waals surface area contributed by atoms with E-state index in [0.29, 0.717) is 6.04 Å². The second kappa shape index (κ2) is 11.3. The minimum absolute atomic E-state index is 0. The number of benzene rings is 2. The summed E-state index contributed by atoms with van der Waals surface area (Å²) < 4.78 is 0. The van der Waals surface area contributed by atoms with Gasteiger partial charge in [0.2, 0.25) is 0 Å². The van der Waals surface area contributed by atoms with Crippen molar-refractivity contribution in [2.24, 2.45) is 4.99 Å². The summed E-state index contributed by atoms with van der Waals surface area (Å²) in [5.41, 5.74) is 3.95. The zero-order valence-corrected chi connectivity index (χ0v) is 19.4. The molecule has 1 atom stereocenters. The molecule has 0 saturated carbocycles. The first kappa shape index (κ1) is 22.5. The first-order valence-corrected chi connectivity index (χ1v) is 9.64.